The lowest BCUT2D eigenvalue weighted by atomic mass is 10.1. The molecule has 2 aromatic rings. The maximum atomic E-state index is 13.1. The van der Waals surface area contributed by atoms with Crippen LogP contribution in [0, 0.1) is 6.92 Å². The molecule has 4 rings (SSSR count). The molecule has 34 heavy (non-hydrogen) atoms. The maximum Gasteiger partial charge on any atom is 0.338 e. The van der Waals surface area contributed by atoms with Crippen LogP contribution in [-0.4, -0.2) is 57.0 Å². The van der Waals surface area contributed by atoms with Gasteiger partial charge in [-0.3, -0.25) is 4.79 Å². The number of rotatable bonds is 6. The summed E-state index contributed by atoms with van der Waals surface area (Å²) < 4.78 is 44.0. The third-order valence-corrected chi connectivity index (χ3v) is 7.86. The van der Waals surface area contributed by atoms with E-state index in [1.54, 1.807) is 31.2 Å². The molecule has 1 fully saturated rings. The van der Waals surface area contributed by atoms with Crippen molar-refractivity contribution in [2.75, 3.05) is 31.6 Å². The van der Waals surface area contributed by atoms with E-state index in [-0.39, 0.29) is 10.5 Å². The Labute approximate surface area is 199 Å². The van der Waals surface area contributed by atoms with Crippen molar-refractivity contribution >= 4 is 27.6 Å². The van der Waals surface area contributed by atoms with Crippen LogP contribution in [0.15, 0.2) is 41.3 Å². The summed E-state index contributed by atoms with van der Waals surface area (Å²) in [5.74, 6) is -0.188. The molecule has 1 N–H and O–H groups in total. The number of fused-ring (bicyclic) bond motifs is 1. The SMILES string of the molecule is Cc1ccc(C(=O)OC(C)C(=O)Nc2ccc3c(c2)OCCO3)cc1S(=O)(=O)N1CCCCC1. The first-order chi connectivity index (χ1) is 16.3. The topological polar surface area (TPSA) is 111 Å². The third kappa shape index (κ3) is 5.18. The van der Waals surface area contributed by atoms with Gasteiger partial charge in [0, 0.05) is 24.8 Å². The molecule has 10 heteroatoms. The molecule has 1 saturated heterocycles. The first-order valence-electron chi connectivity index (χ1n) is 11.3. The Morgan fingerprint density at radius 3 is 2.44 bits per heavy atom. The van der Waals surface area contributed by atoms with Crippen molar-refractivity contribution in [3.8, 4) is 11.5 Å². The van der Waals surface area contributed by atoms with Crippen LogP contribution < -0.4 is 14.8 Å². The van der Waals surface area contributed by atoms with Crippen LogP contribution in [-0.2, 0) is 19.6 Å². The number of benzene rings is 2. The van der Waals surface area contributed by atoms with Crippen LogP contribution in [0.5, 0.6) is 11.5 Å². The van der Waals surface area contributed by atoms with E-state index in [9.17, 15) is 18.0 Å². The van der Waals surface area contributed by atoms with Gasteiger partial charge in [0.15, 0.2) is 17.6 Å². The smallest absolute Gasteiger partial charge is 0.338 e. The number of hydrogen-bond donors (Lipinski definition) is 1. The second-order valence-corrected chi connectivity index (χ2v) is 10.2. The molecular weight excluding hydrogens is 460 g/mol. The first-order valence-corrected chi connectivity index (χ1v) is 12.7. The van der Waals surface area contributed by atoms with Crippen LogP contribution in [0.25, 0.3) is 0 Å². The normalized spacial score (nSPS) is 17.0. The molecule has 0 saturated carbocycles. The quantitative estimate of drug-likeness (QED) is 0.622. The number of aryl methyl sites for hydroxylation is 1. The summed E-state index contributed by atoms with van der Waals surface area (Å²) in [6.07, 6.45) is 1.53. The Balaban J connectivity index is 1.44. The number of amides is 1. The molecule has 2 heterocycles. The largest absolute Gasteiger partial charge is 0.486 e. The zero-order valence-electron chi connectivity index (χ0n) is 19.2. The molecule has 1 unspecified atom stereocenters. The number of anilines is 1. The van der Waals surface area contributed by atoms with Crippen LogP contribution in [0.4, 0.5) is 5.69 Å². The highest BCUT2D eigenvalue weighted by Crippen LogP contribution is 2.32. The fourth-order valence-electron chi connectivity index (χ4n) is 3.90. The lowest BCUT2D eigenvalue weighted by molar-refractivity contribution is -0.123. The minimum atomic E-state index is -3.72. The summed E-state index contributed by atoms with van der Waals surface area (Å²) in [6.45, 7) is 4.96. The van der Waals surface area contributed by atoms with Crippen molar-refractivity contribution in [2.24, 2.45) is 0 Å². The highest BCUT2D eigenvalue weighted by atomic mass is 32.2. The van der Waals surface area contributed by atoms with E-state index < -0.39 is 28.0 Å². The van der Waals surface area contributed by atoms with Crippen molar-refractivity contribution in [1.82, 2.24) is 4.31 Å². The summed E-state index contributed by atoms with van der Waals surface area (Å²) in [5.41, 5.74) is 1.09. The maximum absolute atomic E-state index is 13.1. The minimum Gasteiger partial charge on any atom is -0.486 e. The predicted molar refractivity (Wildman–Crippen MR) is 125 cm³/mol. The Bertz CT molecular complexity index is 1190. The second kappa shape index (κ2) is 10.0. The van der Waals surface area contributed by atoms with Crippen molar-refractivity contribution < 1.29 is 32.2 Å². The second-order valence-electron chi connectivity index (χ2n) is 8.34. The molecule has 0 aromatic heterocycles. The first kappa shape index (κ1) is 24.0. The number of ether oxygens (including phenoxy) is 3. The Kier molecular flexibility index (Phi) is 7.08. The van der Waals surface area contributed by atoms with Crippen LogP contribution >= 0.6 is 0 Å². The van der Waals surface area contributed by atoms with Gasteiger partial charge in [-0.15, -0.1) is 0 Å². The molecular formula is C24H28N2O7S. The van der Waals surface area contributed by atoms with Gasteiger partial charge in [-0.05, 0) is 56.5 Å². The molecule has 0 aliphatic carbocycles. The number of sulfonamides is 1. The average molecular weight is 489 g/mol. The lowest BCUT2D eigenvalue weighted by Crippen LogP contribution is -2.36. The van der Waals surface area contributed by atoms with Crippen molar-refractivity contribution in [3.05, 3.63) is 47.5 Å². The predicted octanol–water partition coefficient (Wildman–Crippen LogP) is 3.12. The van der Waals surface area contributed by atoms with Crippen molar-refractivity contribution in [2.45, 2.75) is 44.1 Å². The summed E-state index contributed by atoms with van der Waals surface area (Å²) in [6, 6.07) is 9.40. The van der Waals surface area contributed by atoms with Gasteiger partial charge in [-0.1, -0.05) is 12.5 Å². The van der Waals surface area contributed by atoms with E-state index in [2.05, 4.69) is 5.32 Å². The molecule has 1 atom stereocenters. The number of carbonyl (C=O) groups excluding carboxylic acids is 2. The number of piperidine rings is 1. The highest BCUT2D eigenvalue weighted by molar-refractivity contribution is 7.89. The fourth-order valence-corrected chi connectivity index (χ4v) is 5.66. The van der Waals surface area contributed by atoms with Gasteiger partial charge < -0.3 is 19.5 Å². The number of hydrogen-bond acceptors (Lipinski definition) is 7. The van der Waals surface area contributed by atoms with Crippen molar-refractivity contribution in [3.63, 3.8) is 0 Å². The van der Waals surface area contributed by atoms with Crippen LogP contribution in [0.2, 0.25) is 0 Å². The van der Waals surface area contributed by atoms with Crippen LogP contribution in [0.3, 0.4) is 0 Å². The van der Waals surface area contributed by atoms with Gasteiger partial charge in [0.1, 0.15) is 13.2 Å². The highest BCUT2D eigenvalue weighted by Gasteiger charge is 2.29. The summed E-state index contributed by atoms with van der Waals surface area (Å²) in [5, 5.41) is 2.68. The fraction of sp³-hybridized carbons (Fsp3) is 0.417. The van der Waals surface area contributed by atoms with E-state index in [1.165, 1.54) is 23.4 Å². The molecule has 1 amide bonds. The van der Waals surface area contributed by atoms with Gasteiger partial charge in [0.2, 0.25) is 10.0 Å². The lowest BCUT2D eigenvalue weighted by Gasteiger charge is -2.26. The Morgan fingerprint density at radius 1 is 1.00 bits per heavy atom. The van der Waals surface area contributed by atoms with Gasteiger partial charge in [-0.2, -0.15) is 4.31 Å². The minimum absolute atomic E-state index is 0.0696. The van der Waals surface area contributed by atoms with Gasteiger partial charge in [0.05, 0.1) is 10.5 Å². The van der Waals surface area contributed by atoms with Gasteiger partial charge in [0.25, 0.3) is 5.91 Å². The Hall–Kier alpha value is -3.11. The van der Waals surface area contributed by atoms with E-state index in [0.29, 0.717) is 49.1 Å². The molecule has 0 bridgehead atoms. The zero-order valence-corrected chi connectivity index (χ0v) is 20.0. The number of nitrogens with one attached hydrogen (secondary N) is 1. The van der Waals surface area contributed by atoms with E-state index in [1.807, 2.05) is 0 Å². The van der Waals surface area contributed by atoms with Gasteiger partial charge in [-0.25, -0.2) is 13.2 Å². The molecule has 2 aromatic carbocycles. The number of esters is 1. The number of carbonyl (C=O) groups is 2. The average Bonchev–Trinajstić information content (AvgIpc) is 2.84. The summed E-state index contributed by atoms with van der Waals surface area (Å²) >= 11 is 0. The van der Waals surface area contributed by atoms with E-state index in [4.69, 9.17) is 14.2 Å². The standard InChI is InChI=1S/C24H28N2O7S/c1-16-6-7-18(14-22(16)34(29,30)26-10-4-3-5-11-26)24(28)33-17(2)23(27)25-19-8-9-20-21(15-19)32-13-12-31-20/h6-9,14-15,17H,3-5,10-13H2,1-2H3,(H,25,27). The molecule has 2 aliphatic rings. The Morgan fingerprint density at radius 2 is 1.71 bits per heavy atom. The summed E-state index contributed by atoms with van der Waals surface area (Å²) in [4.78, 5) is 25.4. The third-order valence-electron chi connectivity index (χ3n) is 5.82. The zero-order chi connectivity index (χ0) is 24.3. The summed E-state index contributed by atoms with van der Waals surface area (Å²) in [7, 11) is -3.72. The molecule has 182 valence electrons. The van der Waals surface area contributed by atoms with E-state index in [0.717, 1.165) is 19.3 Å². The van der Waals surface area contributed by atoms with Crippen molar-refractivity contribution in [1.29, 1.82) is 0 Å². The van der Waals surface area contributed by atoms with E-state index >= 15 is 0 Å². The molecule has 0 radical (unpaired) electrons. The molecule has 9 nitrogen and oxygen atoms in total. The molecule has 2 aliphatic heterocycles. The van der Waals surface area contributed by atoms with Crippen LogP contribution in [0.1, 0.15) is 42.1 Å². The molecule has 0 spiro atoms. The van der Waals surface area contributed by atoms with Gasteiger partial charge >= 0.3 is 5.97 Å². The number of nitrogens with zero attached hydrogens (tertiary/aromatic N) is 1. The monoisotopic (exact) mass is 488 g/mol.